The molecule has 10 nitrogen and oxygen atoms in total. The van der Waals surface area contributed by atoms with Crippen LogP contribution in [0.4, 0.5) is 16.2 Å². The van der Waals surface area contributed by atoms with E-state index in [1.54, 1.807) is 4.90 Å². The molecule has 25 heavy (non-hydrogen) atoms. The number of benzene rings is 1. The molecule has 1 atom stereocenters. The first kappa shape index (κ1) is 16.7. The molecule has 2 heterocycles. The van der Waals surface area contributed by atoms with E-state index in [1.807, 2.05) is 0 Å². The number of urea groups is 1. The molecule has 132 valence electrons. The Hall–Kier alpha value is -3.17. The molecule has 0 saturated carbocycles. The molecule has 0 spiro atoms. The Kier molecular flexibility index (Phi) is 4.78. The molecule has 1 aromatic heterocycles. The largest absolute Gasteiger partial charge is 0.494 e. The zero-order chi connectivity index (χ0) is 17.8. The molecular formula is C15H18N6O4. The molecule has 1 fully saturated rings. The number of carbonyl (C=O) groups excluding carboxylic acids is 1. The predicted octanol–water partition coefficient (Wildman–Crippen LogP) is 2.48. The summed E-state index contributed by atoms with van der Waals surface area (Å²) in [5.41, 5.74) is 0.271. The van der Waals surface area contributed by atoms with E-state index < -0.39 is 4.92 Å². The lowest BCUT2D eigenvalue weighted by atomic mass is 10.0. The Morgan fingerprint density at radius 1 is 1.48 bits per heavy atom. The van der Waals surface area contributed by atoms with Crippen molar-refractivity contribution in [3.05, 3.63) is 40.5 Å². The van der Waals surface area contributed by atoms with E-state index >= 15 is 0 Å². The van der Waals surface area contributed by atoms with Gasteiger partial charge in [0.05, 0.1) is 29.8 Å². The van der Waals surface area contributed by atoms with Crippen LogP contribution in [0, 0.1) is 10.1 Å². The van der Waals surface area contributed by atoms with Gasteiger partial charge >= 0.3 is 6.03 Å². The second-order valence-electron chi connectivity index (χ2n) is 5.65. The van der Waals surface area contributed by atoms with E-state index in [4.69, 9.17) is 4.74 Å². The van der Waals surface area contributed by atoms with Crippen LogP contribution in [0.3, 0.4) is 0 Å². The molecule has 2 amide bonds. The molecule has 1 aliphatic heterocycles. The van der Waals surface area contributed by atoms with Crippen molar-refractivity contribution in [2.24, 2.45) is 0 Å². The summed E-state index contributed by atoms with van der Waals surface area (Å²) in [6.45, 7) is 0.590. The smallest absolute Gasteiger partial charge is 0.322 e. The number of aromatic amines is 1. The highest BCUT2D eigenvalue weighted by Crippen LogP contribution is 2.32. The molecule has 1 aliphatic rings. The normalized spacial score (nSPS) is 17.2. The van der Waals surface area contributed by atoms with Crippen LogP contribution in [-0.2, 0) is 0 Å². The van der Waals surface area contributed by atoms with E-state index in [0.29, 0.717) is 18.1 Å². The van der Waals surface area contributed by atoms with Gasteiger partial charge in [0.15, 0.2) is 0 Å². The lowest BCUT2D eigenvalue weighted by Gasteiger charge is -2.34. The van der Waals surface area contributed by atoms with Gasteiger partial charge in [-0.1, -0.05) is 0 Å². The fourth-order valence-corrected chi connectivity index (χ4v) is 2.92. The molecule has 1 saturated heterocycles. The van der Waals surface area contributed by atoms with Crippen LogP contribution < -0.4 is 10.1 Å². The number of rotatable bonds is 4. The van der Waals surface area contributed by atoms with Crippen molar-refractivity contribution >= 4 is 17.4 Å². The first-order valence-corrected chi connectivity index (χ1v) is 7.85. The van der Waals surface area contributed by atoms with Crippen LogP contribution >= 0.6 is 0 Å². The standard InChI is InChI=1S/C15H18N6O4/c1-25-13-8-10(21(23)24)5-6-11(13)18-15(22)20-7-3-2-4-12(20)14-16-9-17-19-14/h5-6,8-9,12H,2-4,7H2,1H3,(H,18,22)(H,16,17,19)/t12-/m1/s1. The van der Waals surface area contributed by atoms with E-state index in [2.05, 4.69) is 20.5 Å². The minimum atomic E-state index is -0.515. The van der Waals surface area contributed by atoms with E-state index in [1.165, 1.54) is 31.6 Å². The van der Waals surface area contributed by atoms with E-state index in [-0.39, 0.29) is 23.5 Å². The number of non-ortho nitro benzene ring substituents is 1. The lowest BCUT2D eigenvalue weighted by Crippen LogP contribution is -2.41. The summed E-state index contributed by atoms with van der Waals surface area (Å²) in [5.74, 6) is 0.876. The number of likely N-dealkylation sites (tertiary alicyclic amines) is 1. The Balaban J connectivity index is 1.80. The van der Waals surface area contributed by atoms with Crippen LogP contribution in [0.15, 0.2) is 24.5 Å². The second-order valence-corrected chi connectivity index (χ2v) is 5.65. The van der Waals surface area contributed by atoms with Crippen LogP contribution in [0.5, 0.6) is 5.75 Å². The SMILES string of the molecule is COc1cc([N+](=O)[O-])ccc1NC(=O)N1CCCC[C@@H]1c1ncn[nH]1. The summed E-state index contributed by atoms with van der Waals surface area (Å²) in [6, 6.07) is 3.57. The number of piperidine rings is 1. The monoisotopic (exact) mass is 346 g/mol. The van der Waals surface area contributed by atoms with Crippen molar-refractivity contribution in [3.8, 4) is 5.75 Å². The maximum Gasteiger partial charge on any atom is 0.322 e. The maximum absolute atomic E-state index is 12.7. The maximum atomic E-state index is 12.7. The molecule has 2 aromatic rings. The van der Waals surface area contributed by atoms with E-state index in [9.17, 15) is 14.9 Å². The number of nitro benzene ring substituents is 1. The first-order valence-electron chi connectivity index (χ1n) is 7.85. The third-order valence-electron chi connectivity index (χ3n) is 4.15. The fraction of sp³-hybridized carbons (Fsp3) is 0.400. The van der Waals surface area contributed by atoms with Crippen LogP contribution in [0.1, 0.15) is 31.1 Å². The number of methoxy groups -OCH3 is 1. The second kappa shape index (κ2) is 7.16. The number of nitrogens with one attached hydrogen (secondary N) is 2. The molecule has 3 rings (SSSR count). The summed E-state index contributed by atoms with van der Waals surface area (Å²) >= 11 is 0. The summed E-state index contributed by atoms with van der Waals surface area (Å²) in [4.78, 5) is 28.9. The van der Waals surface area contributed by atoms with Gasteiger partial charge in [-0.2, -0.15) is 5.10 Å². The number of carbonyl (C=O) groups is 1. The van der Waals surface area contributed by atoms with Crippen molar-refractivity contribution in [1.82, 2.24) is 20.1 Å². The Labute approximate surface area is 143 Å². The van der Waals surface area contributed by atoms with Gasteiger partial charge in [0.2, 0.25) is 0 Å². The number of nitrogens with zero attached hydrogens (tertiary/aromatic N) is 4. The number of amides is 2. The number of aromatic nitrogens is 3. The summed E-state index contributed by atoms with van der Waals surface area (Å²) in [5, 5.41) is 20.3. The fourth-order valence-electron chi connectivity index (χ4n) is 2.92. The van der Waals surface area contributed by atoms with E-state index in [0.717, 1.165) is 19.3 Å². The molecule has 1 aromatic carbocycles. The van der Waals surface area contributed by atoms with Gasteiger partial charge in [0.25, 0.3) is 5.69 Å². The minimum Gasteiger partial charge on any atom is -0.494 e. The van der Waals surface area contributed by atoms with Crippen molar-refractivity contribution in [1.29, 1.82) is 0 Å². The predicted molar refractivity (Wildman–Crippen MR) is 88.3 cm³/mol. The van der Waals surface area contributed by atoms with Crippen LogP contribution in [0.2, 0.25) is 0 Å². The Bertz CT molecular complexity index is 763. The number of H-pyrrole nitrogens is 1. The number of ether oxygens (including phenoxy) is 1. The van der Waals surface area contributed by atoms with Crippen LogP contribution in [-0.4, -0.2) is 44.7 Å². The molecule has 0 aliphatic carbocycles. The summed E-state index contributed by atoms with van der Waals surface area (Å²) in [6.07, 6.45) is 4.10. The van der Waals surface area contributed by atoms with Gasteiger partial charge in [0, 0.05) is 12.6 Å². The highest BCUT2D eigenvalue weighted by atomic mass is 16.6. The van der Waals surface area contributed by atoms with Gasteiger partial charge in [0.1, 0.15) is 17.9 Å². The van der Waals surface area contributed by atoms with Crippen LogP contribution in [0.25, 0.3) is 0 Å². The zero-order valence-electron chi connectivity index (χ0n) is 13.6. The molecule has 2 N–H and O–H groups in total. The third-order valence-corrected chi connectivity index (χ3v) is 4.15. The summed E-state index contributed by atoms with van der Waals surface area (Å²) in [7, 11) is 1.40. The summed E-state index contributed by atoms with van der Waals surface area (Å²) < 4.78 is 5.16. The van der Waals surface area contributed by atoms with Gasteiger partial charge < -0.3 is 15.0 Å². The third kappa shape index (κ3) is 3.52. The van der Waals surface area contributed by atoms with Crippen molar-refractivity contribution in [2.45, 2.75) is 25.3 Å². The van der Waals surface area contributed by atoms with Gasteiger partial charge in [-0.25, -0.2) is 9.78 Å². The topological polar surface area (TPSA) is 126 Å². The molecule has 0 radical (unpaired) electrons. The molecule has 0 unspecified atom stereocenters. The van der Waals surface area contributed by atoms with Crippen molar-refractivity contribution in [3.63, 3.8) is 0 Å². The molecular weight excluding hydrogens is 328 g/mol. The number of nitro groups is 1. The average Bonchev–Trinajstić information content (AvgIpc) is 3.16. The molecule has 10 heteroatoms. The Morgan fingerprint density at radius 3 is 3.00 bits per heavy atom. The number of hydrogen-bond acceptors (Lipinski definition) is 6. The quantitative estimate of drug-likeness (QED) is 0.647. The van der Waals surface area contributed by atoms with Crippen molar-refractivity contribution < 1.29 is 14.5 Å². The molecule has 0 bridgehead atoms. The van der Waals surface area contributed by atoms with Crippen molar-refractivity contribution in [2.75, 3.05) is 19.0 Å². The Morgan fingerprint density at radius 2 is 2.32 bits per heavy atom. The number of hydrogen-bond donors (Lipinski definition) is 2. The van der Waals surface area contributed by atoms with Gasteiger partial charge in [-0.05, 0) is 25.3 Å². The van der Waals surface area contributed by atoms with Gasteiger partial charge in [-0.3, -0.25) is 15.2 Å². The zero-order valence-corrected chi connectivity index (χ0v) is 13.6. The average molecular weight is 346 g/mol. The number of anilines is 1. The highest BCUT2D eigenvalue weighted by Gasteiger charge is 2.30. The minimum absolute atomic E-state index is 0.104. The van der Waals surface area contributed by atoms with Gasteiger partial charge in [-0.15, -0.1) is 0 Å². The first-order chi connectivity index (χ1) is 12.1. The lowest BCUT2D eigenvalue weighted by molar-refractivity contribution is -0.384. The highest BCUT2D eigenvalue weighted by molar-refractivity contribution is 5.91.